The van der Waals surface area contributed by atoms with E-state index >= 15 is 0 Å². The van der Waals surface area contributed by atoms with Crippen molar-refractivity contribution in [1.29, 1.82) is 0 Å². The first-order chi connectivity index (χ1) is 7.60. The van der Waals surface area contributed by atoms with Gasteiger partial charge in [-0.05, 0) is 13.3 Å². The van der Waals surface area contributed by atoms with Gasteiger partial charge in [0.15, 0.2) is 0 Å². The molecule has 1 aliphatic rings. The van der Waals surface area contributed by atoms with Gasteiger partial charge in [0.2, 0.25) is 0 Å². The average Bonchev–Trinajstić information content (AvgIpc) is 2.57. The van der Waals surface area contributed by atoms with Gasteiger partial charge in [-0.25, -0.2) is 4.79 Å². The maximum Gasteiger partial charge on any atom is 0.321 e. The fraction of sp³-hybridized carbons (Fsp3) is 0.727. The summed E-state index contributed by atoms with van der Waals surface area (Å²) in [5.74, 6) is 0.775. The lowest BCUT2D eigenvalue weighted by molar-refractivity contribution is 0.172. The molecule has 0 radical (unpaired) electrons. The molecule has 2 amide bonds. The Morgan fingerprint density at radius 2 is 2.19 bits per heavy atom. The Morgan fingerprint density at radius 3 is 2.62 bits per heavy atom. The van der Waals surface area contributed by atoms with Crippen LogP contribution in [0.25, 0.3) is 0 Å². The van der Waals surface area contributed by atoms with Gasteiger partial charge >= 0.3 is 6.03 Å². The maximum absolute atomic E-state index is 11.8. The third-order valence-electron chi connectivity index (χ3n) is 2.74. The van der Waals surface area contributed by atoms with E-state index in [1.54, 1.807) is 4.90 Å². The van der Waals surface area contributed by atoms with Crippen LogP contribution in [-0.4, -0.2) is 48.7 Å². The van der Waals surface area contributed by atoms with E-state index in [-0.39, 0.29) is 12.2 Å². The Labute approximate surface area is 97.5 Å². The van der Waals surface area contributed by atoms with Gasteiger partial charge in [0, 0.05) is 26.7 Å². The molecule has 16 heavy (non-hydrogen) atoms. The zero-order chi connectivity index (χ0) is 12.1. The van der Waals surface area contributed by atoms with Gasteiger partial charge in [0.1, 0.15) is 6.17 Å². The number of carbonyl (C=O) groups is 1. The van der Waals surface area contributed by atoms with Gasteiger partial charge < -0.3 is 20.4 Å². The molecule has 0 spiro atoms. The third kappa shape index (κ3) is 2.81. The average molecular weight is 226 g/mol. The first-order valence-corrected chi connectivity index (χ1v) is 5.81. The Hall–Kier alpha value is -1.39. The van der Waals surface area contributed by atoms with Gasteiger partial charge in [-0.1, -0.05) is 13.5 Å². The zero-order valence-corrected chi connectivity index (χ0v) is 10.4. The van der Waals surface area contributed by atoms with E-state index in [0.29, 0.717) is 0 Å². The van der Waals surface area contributed by atoms with E-state index < -0.39 is 0 Å². The van der Waals surface area contributed by atoms with Gasteiger partial charge in [0.25, 0.3) is 0 Å². The predicted molar refractivity (Wildman–Crippen MR) is 64.8 cm³/mol. The summed E-state index contributed by atoms with van der Waals surface area (Å²) < 4.78 is 0. The first kappa shape index (κ1) is 12.7. The Kier molecular flexibility index (Phi) is 4.46. The Morgan fingerprint density at radius 1 is 1.50 bits per heavy atom. The van der Waals surface area contributed by atoms with Crippen molar-refractivity contribution in [2.75, 3.05) is 26.7 Å². The molecule has 92 valence electrons. The van der Waals surface area contributed by atoms with Crippen molar-refractivity contribution in [3.63, 3.8) is 0 Å². The molecule has 1 saturated heterocycles. The summed E-state index contributed by atoms with van der Waals surface area (Å²) in [6, 6.07) is 0.0867. The molecule has 0 aromatic rings. The second-order valence-electron chi connectivity index (χ2n) is 3.97. The molecule has 0 saturated carbocycles. The molecule has 1 heterocycles. The zero-order valence-electron chi connectivity index (χ0n) is 10.4. The van der Waals surface area contributed by atoms with Crippen LogP contribution < -0.4 is 10.6 Å². The van der Waals surface area contributed by atoms with Crippen LogP contribution >= 0.6 is 0 Å². The topological polar surface area (TPSA) is 47.6 Å². The number of nitrogens with one attached hydrogen (secondary N) is 2. The summed E-state index contributed by atoms with van der Waals surface area (Å²) >= 11 is 0. The Bertz CT molecular complexity index is 267. The fourth-order valence-electron chi connectivity index (χ4n) is 1.82. The standard InChI is InChI=1S/C11H22N4O/c1-5-10(13-9(3)12-6-2)15-8-7-14(4)11(15)16/h10,12-13H,3,5-8H2,1-2,4H3/t10-/m0/s1. The summed E-state index contributed by atoms with van der Waals surface area (Å²) in [6.07, 6.45) is 0.897. The lowest BCUT2D eigenvalue weighted by Gasteiger charge is -2.29. The number of nitrogens with zero attached hydrogens (tertiary/aromatic N) is 2. The van der Waals surface area contributed by atoms with Crippen molar-refractivity contribution in [1.82, 2.24) is 20.4 Å². The maximum atomic E-state index is 11.8. The van der Waals surface area contributed by atoms with Crippen LogP contribution in [0, 0.1) is 0 Å². The molecule has 1 aliphatic heterocycles. The van der Waals surface area contributed by atoms with Crippen molar-refractivity contribution in [3.05, 3.63) is 12.4 Å². The highest BCUT2D eigenvalue weighted by molar-refractivity contribution is 5.76. The van der Waals surface area contributed by atoms with Gasteiger partial charge in [-0.2, -0.15) is 0 Å². The molecule has 5 heteroatoms. The van der Waals surface area contributed by atoms with E-state index in [4.69, 9.17) is 0 Å². The fourth-order valence-corrected chi connectivity index (χ4v) is 1.82. The number of hydrogen-bond donors (Lipinski definition) is 2. The van der Waals surface area contributed by atoms with Crippen LogP contribution in [-0.2, 0) is 0 Å². The van der Waals surface area contributed by atoms with Crippen LogP contribution in [0.15, 0.2) is 12.4 Å². The number of amides is 2. The molecule has 1 fully saturated rings. The highest BCUT2D eigenvalue weighted by Gasteiger charge is 2.30. The molecule has 0 aliphatic carbocycles. The van der Waals surface area contributed by atoms with Crippen LogP contribution in [0.5, 0.6) is 0 Å². The van der Waals surface area contributed by atoms with Gasteiger partial charge in [0.05, 0.1) is 5.82 Å². The van der Waals surface area contributed by atoms with E-state index in [9.17, 15) is 4.79 Å². The van der Waals surface area contributed by atoms with Crippen LogP contribution in [0.2, 0.25) is 0 Å². The largest absolute Gasteiger partial charge is 0.373 e. The molecule has 5 nitrogen and oxygen atoms in total. The normalized spacial score (nSPS) is 17.6. The molecule has 1 atom stereocenters. The number of rotatable bonds is 6. The summed E-state index contributed by atoms with van der Waals surface area (Å²) in [5, 5.41) is 6.34. The highest BCUT2D eigenvalue weighted by Crippen LogP contribution is 2.11. The van der Waals surface area contributed by atoms with Crippen molar-refractivity contribution in [3.8, 4) is 0 Å². The van der Waals surface area contributed by atoms with Crippen molar-refractivity contribution in [2.24, 2.45) is 0 Å². The first-order valence-electron chi connectivity index (χ1n) is 5.81. The van der Waals surface area contributed by atoms with Crippen molar-refractivity contribution >= 4 is 6.03 Å². The Balaban J connectivity index is 2.54. The minimum atomic E-state index is 0.0315. The lowest BCUT2D eigenvalue weighted by atomic mass is 10.3. The second kappa shape index (κ2) is 5.63. The second-order valence-corrected chi connectivity index (χ2v) is 3.97. The van der Waals surface area contributed by atoms with Crippen LogP contribution in [0.3, 0.4) is 0 Å². The molecule has 1 rings (SSSR count). The molecular weight excluding hydrogens is 204 g/mol. The van der Waals surface area contributed by atoms with Gasteiger partial charge in [-0.3, -0.25) is 0 Å². The summed E-state index contributed by atoms with van der Waals surface area (Å²) in [5.41, 5.74) is 0. The molecule has 0 aromatic carbocycles. The molecular formula is C11H22N4O. The SMILES string of the molecule is C=C(NCC)N[C@H](CC)N1CCN(C)C1=O. The predicted octanol–water partition coefficient (Wildman–Crippen LogP) is 0.760. The van der Waals surface area contributed by atoms with E-state index in [1.807, 2.05) is 18.9 Å². The number of urea groups is 1. The van der Waals surface area contributed by atoms with Crippen LogP contribution in [0.4, 0.5) is 4.79 Å². The van der Waals surface area contributed by atoms with Crippen molar-refractivity contribution in [2.45, 2.75) is 26.4 Å². The number of likely N-dealkylation sites (N-methyl/N-ethyl adjacent to an activating group) is 1. The highest BCUT2D eigenvalue weighted by atomic mass is 16.2. The van der Waals surface area contributed by atoms with E-state index in [0.717, 1.165) is 31.9 Å². The minimum Gasteiger partial charge on any atom is -0.373 e. The number of carbonyl (C=O) groups excluding carboxylic acids is 1. The summed E-state index contributed by atoms with van der Waals surface area (Å²) in [6.45, 7) is 10.4. The summed E-state index contributed by atoms with van der Waals surface area (Å²) in [4.78, 5) is 15.4. The minimum absolute atomic E-state index is 0.0315. The van der Waals surface area contributed by atoms with E-state index in [1.165, 1.54) is 0 Å². The van der Waals surface area contributed by atoms with Crippen molar-refractivity contribution < 1.29 is 4.79 Å². The molecule has 0 unspecified atom stereocenters. The monoisotopic (exact) mass is 226 g/mol. The van der Waals surface area contributed by atoms with Gasteiger partial charge in [-0.15, -0.1) is 0 Å². The smallest absolute Gasteiger partial charge is 0.321 e. The molecule has 0 bridgehead atoms. The van der Waals surface area contributed by atoms with Crippen LogP contribution in [0.1, 0.15) is 20.3 Å². The lowest BCUT2D eigenvalue weighted by Crippen LogP contribution is -2.48. The quantitative estimate of drug-likeness (QED) is 0.703. The number of hydrogen-bond acceptors (Lipinski definition) is 3. The molecule has 2 N–H and O–H groups in total. The molecule has 0 aromatic heterocycles. The van der Waals surface area contributed by atoms with E-state index in [2.05, 4.69) is 24.1 Å². The summed E-state index contributed by atoms with van der Waals surface area (Å²) in [7, 11) is 1.83. The third-order valence-corrected chi connectivity index (χ3v) is 2.74.